The summed E-state index contributed by atoms with van der Waals surface area (Å²) in [7, 11) is 0. The molecule has 0 N–H and O–H groups in total. The molecule has 146 valence electrons. The summed E-state index contributed by atoms with van der Waals surface area (Å²) in [5.41, 5.74) is 4.28. The van der Waals surface area contributed by atoms with Gasteiger partial charge in [-0.15, -0.1) is 0 Å². The summed E-state index contributed by atoms with van der Waals surface area (Å²) in [6.45, 7) is 4.49. The van der Waals surface area contributed by atoms with Crippen molar-refractivity contribution in [2.45, 2.75) is 20.4 Å². The molecule has 4 nitrogen and oxygen atoms in total. The Kier molecular flexibility index (Phi) is 5.58. The zero-order valence-electron chi connectivity index (χ0n) is 16.5. The van der Waals surface area contributed by atoms with Gasteiger partial charge in [-0.3, -0.25) is 9.69 Å². The molecule has 1 amide bonds. The van der Waals surface area contributed by atoms with Crippen molar-refractivity contribution in [3.05, 3.63) is 89.5 Å². The van der Waals surface area contributed by atoms with E-state index in [4.69, 9.17) is 9.72 Å². The highest BCUT2D eigenvalue weighted by Gasteiger charge is 2.21. The lowest BCUT2D eigenvalue weighted by Crippen LogP contribution is -2.34. The van der Waals surface area contributed by atoms with Crippen LogP contribution in [-0.4, -0.2) is 17.5 Å². The Morgan fingerprint density at radius 2 is 1.69 bits per heavy atom. The van der Waals surface area contributed by atoms with E-state index >= 15 is 0 Å². The maximum atomic E-state index is 13.1. The number of fused-ring (bicyclic) bond motifs is 1. The number of aromatic nitrogens is 1. The molecule has 0 aliphatic rings. The molecule has 0 aliphatic carbocycles. The Bertz CT molecular complexity index is 1120. The summed E-state index contributed by atoms with van der Waals surface area (Å²) in [5, 5.41) is 0.687. The van der Waals surface area contributed by atoms with Crippen LogP contribution in [0.5, 0.6) is 5.75 Å². The van der Waals surface area contributed by atoms with Gasteiger partial charge in [-0.2, -0.15) is 0 Å². The van der Waals surface area contributed by atoms with Crippen LogP contribution in [0.2, 0.25) is 0 Å². The number of rotatable bonds is 6. The van der Waals surface area contributed by atoms with E-state index in [2.05, 4.69) is 13.0 Å². The molecule has 0 fully saturated rings. The van der Waals surface area contributed by atoms with Crippen molar-refractivity contribution in [3.8, 4) is 5.75 Å². The molecule has 0 aliphatic heterocycles. The van der Waals surface area contributed by atoms with Crippen LogP contribution in [0.4, 0.5) is 5.13 Å². The first-order valence-corrected chi connectivity index (χ1v) is 10.3. The monoisotopic (exact) mass is 402 g/mol. The molecule has 4 aromatic rings. The largest absolute Gasteiger partial charge is 0.484 e. The van der Waals surface area contributed by atoms with Gasteiger partial charge in [0.05, 0.1) is 16.8 Å². The topological polar surface area (TPSA) is 42.4 Å². The van der Waals surface area contributed by atoms with E-state index in [0.29, 0.717) is 17.4 Å². The first-order chi connectivity index (χ1) is 14.1. The fourth-order valence-corrected chi connectivity index (χ4v) is 4.10. The summed E-state index contributed by atoms with van der Waals surface area (Å²) in [4.78, 5) is 19.5. The van der Waals surface area contributed by atoms with Crippen LogP contribution in [0.25, 0.3) is 10.2 Å². The van der Waals surface area contributed by atoms with Crippen LogP contribution >= 0.6 is 11.3 Å². The summed E-state index contributed by atoms with van der Waals surface area (Å²) >= 11 is 1.53. The normalized spacial score (nSPS) is 10.8. The molecule has 4 rings (SSSR count). The van der Waals surface area contributed by atoms with Gasteiger partial charge in [0.15, 0.2) is 11.7 Å². The maximum Gasteiger partial charge on any atom is 0.267 e. The van der Waals surface area contributed by atoms with Gasteiger partial charge in [0, 0.05) is 0 Å². The predicted molar refractivity (Wildman–Crippen MR) is 119 cm³/mol. The molecule has 1 heterocycles. The SMILES string of the molecule is Cc1ccc(OCC(=O)N(Cc2ccccc2)c2nc3ccc(C)cc3s2)cc1. The lowest BCUT2D eigenvalue weighted by atomic mass is 10.2. The third-order valence-electron chi connectivity index (χ3n) is 4.63. The van der Waals surface area contributed by atoms with Gasteiger partial charge in [0.2, 0.25) is 0 Å². The second-order valence-corrected chi connectivity index (χ2v) is 8.04. The van der Waals surface area contributed by atoms with Crippen molar-refractivity contribution in [3.63, 3.8) is 0 Å². The average molecular weight is 403 g/mol. The predicted octanol–water partition coefficient (Wildman–Crippen LogP) is 5.53. The highest BCUT2D eigenvalue weighted by atomic mass is 32.1. The second-order valence-electron chi connectivity index (χ2n) is 7.03. The molecule has 0 radical (unpaired) electrons. The minimum Gasteiger partial charge on any atom is -0.484 e. The average Bonchev–Trinajstić information content (AvgIpc) is 3.15. The minimum atomic E-state index is -0.120. The number of nitrogens with zero attached hydrogens (tertiary/aromatic N) is 2. The molecule has 0 bridgehead atoms. The van der Waals surface area contributed by atoms with Crippen molar-refractivity contribution >= 4 is 32.6 Å². The van der Waals surface area contributed by atoms with Crippen LogP contribution in [-0.2, 0) is 11.3 Å². The summed E-state index contributed by atoms with van der Waals surface area (Å²) in [6, 6.07) is 23.8. The lowest BCUT2D eigenvalue weighted by molar-refractivity contribution is -0.120. The fourth-order valence-electron chi connectivity index (χ4n) is 3.02. The van der Waals surface area contributed by atoms with Gasteiger partial charge in [-0.25, -0.2) is 4.98 Å². The van der Waals surface area contributed by atoms with Crippen molar-refractivity contribution < 1.29 is 9.53 Å². The van der Waals surface area contributed by atoms with E-state index in [1.54, 1.807) is 4.90 Å². The third kappa shape index (κ3) is 4.63. The molecule has 0 saturated heterocycles. The number of aryl methyl sites for hydroxylation is 2. The van der Waals surface area contributed by atoms with Crippen LogP contribution in [0.3, 0.4) is 0 Å². The van der Waals surface area contributed by atoms with Gasteiger partial charge in [0.1, 0.15) is 5.75 Å². The minimum absolute atomic E-state index is 0.0369. The first-order valence-electron chi connectivity index (χ1n) is 9.49. The van der Waals surface area contributed by atoms with E-state index in [-0.39, 0.29) is 12.5 Å². The number of anilines is 1. The summed E-state index contributed by atoms with van der Waals surface area (Å²) in [5.74, 6) is 0.564. The highest BCUT2D eigenvalue weighted by Crippen LogP contribution is 2.30. The van der Waals surface area contributed by atoms with Crippen molar-refractivity contribution in [1.29, 1.82) is 0 Å². The number of amides is 1. The Morgan fingerprint density at radius 1 is 0.966 bits per heavy atom. The molecule has 0 atom stereocenters. The number of hydrogen-bond donors (Lipinski definition) is 0. The third-order valence-corrected chi connectivity index (χ3v) is 5.67. The van der Waals surface area contributed by atoms with Crippen LogP contribution in [0.1, 0.15) is 16.7 Å². The molecule has 5 heteroatoms. The highest BCUT2D eigenvalue weighted by molar-refractivity contribution is 7.22. The van der Waals surface area contributed by atoms with Gasteiger partial charge in [0.25, 0.3) is 5.91 Å². The Morgan fingerprint density at radius 3 is 2.45 bits per heavy atom. The Balaban J connectivity index is 1.59. The Labute approximate surface area is 174 Å². The number of benzene rings is 3. The molecular weight excluding hydrogens is 380 g/mol. The smallest absolute Gasteiger partial charge is 0.267 e. The zero-order chi connectivity index (χ0) is 20.2. The van der Waals surface area contributed by atoms with E-state index in [1.165, 1.54) is 16.9 Å². The van der Waals surface area contributed by atoms with Crippen LogP contribution < -0.4 is 9.64 Å². The van der Waals surface area contributed by atoms with Crippen molar-refractivity contribution in [2.75, 3.05) is 11.5 Å². The Hall–Kier alpha value is -3.18. The standard InChI is InChI=1S/C24H22N2O2S/c1-17-8-11-20(12-9-17)28-16-23(27)26(15-19-6-4-3-5-7-19)24-25-21-13-10-18(2)14-22(21)29-24/h3-14H,15-16H2,1-2H3. The van der Waals surface area contributed by atoms with E-state index in [1.807, 2.05) is 73.7 Å². The summed E-state index contributed by atoms with van der Waals surface area (Å²) < 4.78 is 6.82. The van der Waals surface area contributed by atoms with Crippen molar-refractivity contribution in [1.82, 2.24) is 4.98 Å². The fraction of sp³-hybridized carbons (Fsp3) is 0.167. The number of carbonyl (C=O) groups is 1. The van der Waals surface area contributed by atoms with Gasteiger partial charge in [-0.1, -0.05) is 65.4 Å². The van der Waals surface area contributed by atoms with Crippen LogP contribution in [0, 0.1) is 13.8 Å². The molecule has 3 aromatic carbocycles. The van der Waals surface area contributed by atoms with E-state index in [0.717, 1.165) is 21.3 Å². The number of hydrogen-bond acceptors (Lipinski definition) is 4. The number of thiazole rings is 1. The van der Waals surface area contributed by atoms with E-state index in [9.17, 15) is 4.79 Å². The second kappa shape index (κ2) is 8.45. The quantitative estimate of drug-likeness (QED) is 0.426. The van der Waals surface area contributed by atoms with Crippen LogP contribution in [0.15, 0.2) is 72.8 Å². The van der Waals surface area contributed by atoms with Gasteiger partial charge >= 0.3 is 0 Å². The maximum absolute atomic E-state index is 13.1. The van der Waals surface area contributed by atoms with E-state index < -0.39 is 0 Å². The zero-order valence-corrected chi connectivity index (χ0v) is 17.3. The molecule has 29 heavy (non-hydrogen) atoms. The number of carbonyl (C=O) groups excluding carboxylic acids is 1. The summed E-state index contributed by atoms with van der Waals surface area (Å²) in [6.07, 6.45) is 0. The first kappa shape index (κ1) is 19.2. The molecule has 0 spiro atoms. The lowest BCUT2D eigenvalue weighted by Gasteiger charge is -2.20. The van der Waals surface area contributed by atoms with Gasteiger partial charge in [-0.05, 0) is 49.2 Å². The molecular formula is C24H22N2O2S. The van der Waals surface area contributed by atoms with Gasteiger partial charge < -0.3 is 4.74 Å². The van der Waals surface area contributed by atoms with Crippen molar-refractivity contribution in [2.24, 2.45) is 0 Å². The molecule has 0 unspecified atom stereocenters. The molecule has 1 aromatic heterocycles. The molecule has 0 saturated carbocycles. The number of ether oxygens (including phenoxy) is 1.